The summed E-state index contributed by atoms with van der Waals surface area (Å²) in [5.41, 5.74) is 7.32. The zero-order valence-corrected chi connectivity index (χ0v) is 12.3. The van der Waals surface area contributed by atoms with Crippen molar-refractivity contribution in [1.82, 2.24) is 4.90 Å². The maximum absolute atomic E-state index is 6.03. The zero-order chi connectivity index (χ0) is 12.4. The number of benzene rings is 1. The van der Waals surface area contributed by atoms with Gasteiger partial charge < -0.3 is 5.73 Å². The fourth-order valence-electron chi connectivity index (χ4n) is 2.28. The summed E-state index contributed by atoms with van der Waals surface area (Å²) < 4.78 is 1.09. The maximum Gasteiger partial charge on any atom is 0.0417 e. The first-order valence-electron chi connectivity index (χ1n) is 5.98. The van der Waals surface area contributed by atoms with Crippen LogP contribution in [0, 0.1) is 5.92 Å². The number of nitrogens with zero attached hydrogens (tertiary/aromatic N) is 1. The molecule has 1 aromatic carbocycles. The lowest BCUT2D eigenvalue weighted by molar-refractivity contribution is 0.157. The SMILES string of the molecule is CC1CN(Cc2ccc(Cl)cc2Br)CCC1N. The monoisotopic (exact) mass is 316 g/mol. The fourth-order valence-corrected chi connectivity index (χ4v) is 3.09. The highest BCUT2D eigenvalue weighted by atomic mass is 79.9. The summed E-state index contributed by atoms with van der Waals surface area (Å²) in [6, 6.07) is 6.35. The molecule has 0 saturated carbocycles. The molecule has 1 fully saturated rings. The normalized spacial score (nSPS) is 26.1. The second kappa shape index (κ2) is 5.70. The van der Waals surface area contributed by atoms with Crippen molar-refractivity contribution >= 4 is 27.5 Å². The lowest BCUT2D eigenvalue weighted by Crippen LogP contribution is -2.45. The third kappa shape index (κ3) is 3.44. The standard InChI is InChI=1S/C13H18BrClN2/c1-9-7-17(5-4-13(9)16)8-10-2-3-11(15)6-12(10)14/h2-3,6,9,13H,4-5,7-8,16H2,1H3. The van der Waals surface area contributed by atoms with E-state index < -0.39 is 0 Å². The first-order valence-corrected chi connectivity index (χ1v) is 7.15. The van der Waals surface area contributed by atoms with Crippen LogP contribution in [0.5, 0.6) is 0 Å². The van der Waals surface area contributed by atoms with Crippen LogP contribution in [0.1, 0.15) is 18.9 Å². The van der Waals surface area contributed by atoms with Crippen molar-refractivity contribution in [3.8, 4) is 0 Å². The van der Waals surface area contributed by atoms with Crippen LogP contribution in [0.25, 0.3) is 0 Å². The smallest absolute Gasteiger partial charge is 0.0417 e. The van der Waals surface area contributed by atoms with Crippen LogP contribution in [0.15, 0.2) is 22.7 Å². The molecule has 2 N–H and O–H groups in total. The average Bonchev–Trinajstić information content (AvgIpc) is 2.27. The first kappa shape index (κ1) is 13.3. The van der Waals surface area contributed by atoms with E-state index in [0.29, 0.717) is 12.0 Å². The Kier molecular flexibility index (Phi) is 4.47. The molecule has 0 amide bonds. The van der Waals surface area contributed by atoms with Crippen molar-refractivity contribution < 1.29 is 0 Å². The summed E-state index contributed by atoms with van der Waals surface area (Å²) in [5.74, 6) is 0.579. The number of hydrogen-bond acceptors (Lipinski definition) is 2. The lowest BCUT2D eigenvalue weighted by Gasteiger charge is -2.35. The molecule has 0 aromatic heterocycles. The highest BCUT2D eigenvalue weighted by molar-refractivity contribution is 9.10. The zero-order valence-electron chi connectivity index (χ0n) is 10.00. The Labute approximate surface area is 116 Å². The van der Waals surface area contributed by atoms with Gasteiger partial charge in [-0.1, -0.05) is 40.5 Å². The van der Waals surface area contributed by atoms with Crippen LogP contribution < -0.4 is 5.73 Å². The van der Waals surface area contributed by atoms with Gasteiger partial charge in [-0.25, -0.2) is 0 Å². The molecule has 2 rings (SSSR count). The molecule has 0 bridgehead atoms. The number of likely N-dealkylation sites (tertiary alicyclic amines) is 1. The second-order valence-corrected chi connectivity index (χ2v) is 6.19. The first-order chi connectivity index (χ1) is 8.06. The summed E-state index contributed by atoms with van der Waals surface area (Å²) in [6.07, 6.45) is 1.09. The molecule has 0 aliphatic carbocycles. The third-order valence-corrected chi connectivity index (χ3v) is 4.44. The summed E-state index contributed by atoms with van der Waals surface area (Å²) in [4.78, 5) is 2.46. The Bertz CT molecular complexity index is 397. The topological polar surface area (TPSA) is 29.3 Å². The van der Waals surface area contributed by atoms with Gasteiger partial charge in [0.25, 0.3) is 0 Å². The summed E-state index contributed by atoms with van der Waals surface area (Å²) in [5, 5.41) is 0.773. The molecule has 1 aromatic rings. The van der Waals surface area contributed by atoms with Gasteiger partial charge in [0.05, 0.1) is 0 Å². The Morgan fingerprint density at radius 2 is 2.29 bits per heavy atom. The van der Waals surface area contributed by atoms with Crippen LogP contribution in [-0.4, -0.2) is 24.0 Å². The molecule has 2 atom stereocenters. The Morgan fingerprint density at radius 3 is 2.94 bits per heavy atom. The molecule has 0 spiro atoms. The molecule has 0 radical (unpaired) electrons. The quantitative estimate of drug-likeness (QED) is 0.907. The van der Waals surface area contributed by atoms with E-state index in [4.69, 9.17) is 17.3 Å². The van der Waals surface area contributed by atoms with Gasteiger partial charge in [-0.3, -0.25) is 4.90 Å². The molecule has 1 saturated heterocycles. The predicted molar refractivity (Wildman–Crippen MR) is 76.2 cm³/mol. The van der Waals surface area contributed by atoms with E-state index in [1.54, 1.807) is 0 Å². The van der Waals surface area contributed by atoms with Gasteiger partial charge in [0, 0.05) is 28.6 Å². The van der Waals surface area contributed by atoms with Crippen LogP contribution in [-0.2, 0) is 6.54 Å². The molecule has 94 valence electrons. The molecular weight excluding hydrogens is 300 g/mol. The highest BCUT2D eigenvalue weighted by Crippen LogP contribution is 2.24. The average molecular weight is 318 g/mol. The van der Waals surface area contributed by atoms with E-state index in [-0.39, 0.29) is 0 Å². The van der Waals surface area contributed by atoms with E-state index in [0.717, 1.165) is 35.6 Å². The van der Waals surface area contributed by atoms with Crippen molar-refractivity contribution in [2.45, 2.75) is 25.9 Å². The Balaban J connectivity index is 2.01. The Morgan fingerprint density at radius 1 is 1.53 bits per heavy atom. The van der Waals surface area contributed by atoms with Gasteiger partial charge in [-0.05, 0) is 36.6 Å². The summed E-state index contributed by atoms with van der Waals surface area (Å²) in [7, 11) is 0. The minimum atomic E-state index is 0.361. The molecule has 1 aliphatic rings. The van der Waals surface area contributed by atoms with Crippen molar-refractivity contribution in [2.75, 3.05) is 13.1 Å². The molecule has 2 nitrogen and oxygen atoms in total. The van der Waals surface area contributed by atoms with Crippen molar-refractivity contribution in [3.05, 3.63) is 33.3 Å². The van der Waals surface area contributed by atoms with Crippen LogP contribution >= 0.6 is 27.5 Å². The van der Waals surface area contributed by atoms with Crippen LogP contribution in [0.3, 0.4) is 0 Å². The van der Waals surface area contributed by atoms with Gasteiger partial charge in [-0.2, -0.15) is 0 Å². The van der Waals surface area contributed by atoms with Crippen molar-refractivity contribution in [2.24, 2.45) is 11.7 Å². The highest BCUT2D eigenvalue weighted by Gasteiger charge is 2.23. The van der Waals surface area contributed by atoms with Gasteiger partial charge in [0.2, 0.25) is 0 Å². The predicted octanol–water partition coefficient (Wildman–Crippen LogP) is 3.27. The van der Waals surface area contributed by atoms with E-state index >= 15 is 0 Å². The molecule has 17 heavy (non-hydrogen) atoms. The van der Waals surface area contributed by atoms with Crippen LogP contribution in [0.2, 0.25) is 5.02 Å². The molecule has 4 heteroatoms. The largest absolute Gasteiger partial charge is 0.327 e. The number of piperidine rings is 1. The van der Waals surface area contributed by atoms with Gasteiger partial charge in [0.15, 0.2) is 0 Å². The van der Waals surface area contributed by atoms with Gasteiger partial charge in [-0.15, -0.1) is 0 Å². The minimum absolute atomic E-state index is 0.361. The van der Waals surface area contributed by atoms with Crippen molar-refractivity contribution in [1.29, 1.82) is 0 Å². The lowest BCUT2D eigenvalue weighted by atomic mass is 9.94. The number of hydrogen-bond donors (Lipinski definition) is 1. The van der Waals surface area contributed by atoms with Gasteiger partial charge >= 0.3 is 0 Å². The number of halogens is 2. The maximum atomic E-state index is 6.03. The molecule has 1 aliphatic heterocycles. The molecular formula is C13H18BrClN2. The minimum Gasteiger partial charge on any atom is -0.327 e. The molecule has 2 unspecified atom stereocenters. The van der Waals surface area contributed by atoms with Crippen LogP contribution in [0.4, 0.5) is 0 Å². The number of nitrogens with two attached hydrogens (primary N) is 1. The summed E-state index contributed by atoms with van der Waals surface area (Å²) >= 11 is 9.51. The Hall–Kier alpha value is -0.0900. The number of rotatable bonds is 2. The molecule has 1 heterocycles. The van der Waals surface area contributed by atoms with E-state index in [1.807, 2.05) is 12.1 Å². The second-order valence-electron chi connectivity index (χ2n) is 4.90. The van der Waals surface area contributed by atoms with E-state index in [9.17, 15) is 0 Å². The summed E-state index contributed by atoms with van der Waals surface area (Å²) in [6.45, 7) is 5.36. The van der Waals surface area contributed by atoms with Gasteiger partial charge in [0.1, 0.15) is 0 Å². The van der Waals surface area contributed by atoms with E-state index in [1.165, 1.54) is 5.56 Å². The fraction of sp³-hybridized carbons (Fsp3) is 0.538. The van der Waals surface area contributed by atoms with E-state index in [2.05, 4.69) is 33.8 Å². The van der Waals surface area contributed by atoms with Crippen molar-refractivity contribution in [3.63, 3.8) is 0 Å². The third-order valence-electron chi connectivity index (χ3n) is 3.46.